The van der Waals surface area contributed by atoms with Crippen LogP contribution in [0.15, 0.2) is 15.2 Å². The van der Waals surface area contributed by atoms with Crippen molar-refractivity contribution >= 4 is 39.0 Å². The van der Waals surface area contributed by atoms with Gasteiger partial charge in [0.15, 0.2) is 0 Å². The van der Waals surface area contributed by atoms with E-state index in [0.717, 1.165) is 5.25 Å². The third kappa shape index (κ3) is 3.98. The van der Waals surface area contributed by atoms with E-state index in [1.54, 1.807) is 11.3 Å². The molecule has 1 fully saturated rings. The number of rotatable bonds is 5. The Balaban J connectivity index is 1.85. The predicted octanol–water partition coefficient (Wildman–Crippen LogP) is 4.84. The Kier molecular flexibility index (Phi) is 5.87. The fraction of sp³-hybridized carbons (Fsp3) is 0.692. The molecule has 1 saturated carbocycles. The summed E-state index contributed by atoms with van der Waals surface area (Å²) in [6.45, 7) is 0. The van der Waals surface area contributed by atoms with Crippen LogP contribution < -0.4 is 5.32 Å². The molecule has 0 amide bonds. The van der Waals surface area contributed by atoms with E-state index in [0.29, 0.717) is 6.04 Å². The third-order valence-electron chi connectivity index (χ3n) is 3.42. The predicted molar refractivity (Wildman–Crippen MR) is 83.2 cm³/mol. The fourth-order valence-electron chi connectivity index (χ4n) is 2.33. The minimum Gasteiger partial charge on any atom is -0.312 e. The molecule has 1 aliphatic carbocycles. The molecule has 4 heteroatoms. The summed E-state index contributed by atoms with van der Waals surface area (Å²) in [5.74, 6) is 1.19. The third-order valence-corrected chi connectivity index (χ3v) is 6.64. The van der Waals surface area contributed by atoms with Gasteiger partial charge in [-0.2, -0.15) is 23.1 Å². The molecule has 0 bridgehead atoms. The van der Waals surface area contributed by atoms with Crippen LogP contribution in [0.1, 0.15) is 43.7 Å². The topological polar surface area (TPSA) is 12.0 Å². The van der Waals surface area contributed by atoms with E-state index in [9.17, 15) is 0 Å². The van der Waals surface area contributed by atoms with Crippen molar-refractivity contribution < 1.29 is 0 Å². The fourth-order valence-corrected chi connectivity index (χ4v) is 5.44. The van der Waals surface area contributed by atoms with Gasteiger partial charge in [0, 0.05) is 26.9 Å². The second-order valence-electron chi connectivity index (χ2n) is 4.61. The first kappa shape index (κ1) is 13.9. The van der Waals surface area contributed by atoms with E-state index in [1.807, 2.05) is 0 Å². The highest BCUT2D eigenvalue weighted by Crippen LogP contribution is 2.33. The van der Waals surface area contributed by atoms with E-state index >= 15 is 0 Å². The zero-order valence-electron chi connectivity index (χ0n) is 10.2. The van der Waals surface area contributed by atoms with Gasteiger partial charge in [-0.05, 0) is 46.8 Å². The maximum atomic E-state index is 3.63. The van der Waals surface area contributed by atoms with Crippen LogP contribution in [-0.4, -0.2) is 18.1 Å². The first-order valence-corrected chi connectivity index (χ1v) is 9.10. The van der Waals surface area contributed by atoms with E-state index in [4.69, 9.17) is 0 Å². The monoisotopic (exact) mass is 333 g/mol. The lowest BCUT2D eigenvalue weighted by atomic mass is 10.0. The Morgan fingerprint density at radius 3 is 2.76 bits per heavy atom. The lowest BCUT2D eigenvalue weighted by Gasteiger charge is -2.23. The van der Waals surface area contributed by atoms with E-state index in [2.05, 4.69) is 50.8 Å². The van der Waals surface area contributed by atoms with Gasteiger partial charge in [-0.25, -0.2) is 0 Å². The first-order chi connectivity index (χ1) is 8.31. The summed E-state index contributed by atoms with van der Waals surface area (Å²) in [7, 11) is 2.07. The molecule has 17 heavy (non-hydrogen) atoms. The number of hydrogen-bond acceptors (Lipinski definition) is 3. The van der Waals surface area contributed by atoms with E-state index in [1.165, 1.54) is 47.9 Å². The van der Waals surface area contributed by atoms with Crippen LogP contribution in [0, 0.1) is 0 Å². The standard InChI is InChI=1S/C13H20BrNS2/c1-15-13(11-7-16-8-12(11)14)9-17-10-5-3-2-4-6-10/h7-8,10,13,15H,2-6,9H2,1H3. The average Bonchev–Trinajstić information content (AvgIpc) is 2.78. The van der Waals surface area contributed by atoms with Gasteiger partial charge >= 0.3 is 0 Å². The molecule has 2 rings (SSSR count). The molecular formula is C13H20BrNS2. The van der Waals surface area contributed by atoms with E-state index in [-0.39, 0.29) is 0 Å². The van der Waals surface area contributed by atoms with Gasteiger partial charge in [0.1, 0.15) is 0 Å². The van der Waals surface area contributed by atoms with Gasteiger partial charge in [-0.15, -0.1) is 0 Å². The largest absolute Gasteiger partial charge is 0.312 e. The van der Waals surface area contributed by atoms with Crippen LogP contribution in [-0.2, 0) is 0 Å². The van der Waals surface area contributed by atoms with Gasteiger partial charge in [0.2, 0.25) is 0 Å². The number of thiophene rings is 1. The molecule has 0 spiro atoms. The summed E-state index contributed by atoms with van der Waals surface area (Å²) in [6.07, 6.45) is 7.16. The molecule has 96 valence electrons. The highest BCUT2D eigenvalue weighted by Gasteiger charge is 2.18. The Morgan fingerprint density at radius 1 is 1.41 bits per heavy atom. The second kappa shape index (κ2) is 7.17. The second-order valence-corrected chi connectivity index (χ2v) is 7.54. The smallest absolute Gasteiger partial charge is 0.0429 e. The molecule has 1 aromatic heterocycles. The Hall–Kier alpha value is 0.490. The summed E-state index contributed by atoms with van der Waals surface area (Å²) in [5.41, 5.74) is 1.42. The van der Waals surface area contributed by atoms with Crippen molar-refractivity contribution in [3.63, 3.8) is 0 Å². The Labute approximate surface area is 121 Å². The average molecular weight is 334 g/mol. The zero-order valence-corrected chi connectivity index (χ0v) is 13.5. The summed E-state index contributed by atoms with van der Waals surface area (Å²) in [6, 6.07) is 0.488. The molecular weight excluding hydrogens is 314 g/mol. The van der Waals surface area contributed by atoms with Gasteiger partial charge < -0.3 is 5.32 Å². The summed E-state index contributed by atoms with van der Waals surface area (Å²) < 4.78 is 1.26. The minimum atomic E-state index is 0.488. The quantitative estimate of drug-likeness (QED) is 0.827. The molecule has 1 nitrogen and oxygen atoms in total. The molecule has 1 unspecified atom stereocenters. The van der Waals surface area contributed by atoms with Crippen molar-refractivity contribution in [2.45, 2.75) is 43.4 Å². The highest BCUT2D eigenvalue weighted by atomic mass is 79.9. The first-order valence-electron chi connectivity index (χ1n) is 6.31. The minimum absolute atomic E-state index is 0.488. The lowest BCUT2D eigenvalue weighted by Crippen LogP contribution is -2.20. The SMILES string of the molecule is CNC(CSC1CCCCC1)c1cscc1Br. The molecule has 0 aliphatic heterocycles. The van der Waals surface area contributed by atoms with Gasteiger partial charge in [0.05, 0.1) is 0 Å². The Bertz CT molecular complexity index is 334. The number of nitrogens with one attached hydrogen (secondary N) is 1. The molecule has 1 N–H and O–H groups in total. The van der Waals surface area contributed by atoms with Crippen LogP contribution in [0.25, 0.3) is 0 Å². The van der Waals surface area contributed by atoms with Crippen LogP contribution in [0.5, 0.6) is 0 Å². The van der Waals surface area contributed by atoms with Crippen molar-refractivity contribution in [2.24, 2.45) is 0 Å². The normalized spacial score (nSPS) is 19.4. The van der Waals surface area contributed by atoms with E-state index < -0.39 is 0 Å². The maximum Gasteiger partial charge on any atom is 0.0429 e. The zero-order chi connectivity index (χ0) is 12.1. The van der Waals surface area contributed by atoms with Crippen molar-refractivity contribution in [2.75, 3.05) is 12.8 Å². The van der Waals surface area contributed by atoms with Gasteiger partial charge in [-0.1, -0.05) is 19.3 Å². The molecule has 0 radical (unpaired) electrons. The van der Waals surface area contributed by atoms with Crippen molar-refractivity contribution in [3.8, 4) is 0 Å². The summed E-state index contributed by atoms with van der Waals surface area (Å²) >= 11 is 7.57. The van der Waals surface area contributed by atoms with Crippen LogP contribution in [0.2, 0.25) is 0 Å². The van der Waals surface area contributed by atoms with Gasteiger partial charge in [-0.3, -0.25) is 0 Å². The Morgan fingerprint density at radius 2 is 2.18 bits per heavy atom. The van der Waals surface area contributed by atoms with Crippen LogP contribution in [0.3, 0.4) is 0 Å². The molecule has 1 aliphatic rings. The van der Waals surface area contributed by atoms with Crippen LogP contribution in [0.4, 0.5) is 0 Å². The number of hydrogen-bond donors (Lipinski definition) is 1. The molecule has 0 saturated heterocycles. The number of halogens is 1. The molecule has 1 heterocycles. The summed E-state index contributed by atoms with van der Waals surface area (Å²) in [5, 5.41) is 8.77. The maximum absolute atomic E-state index is 3.63. The summed E-state index contributed by atoms with van der Waals surface area (Å²) in [4.78, 5) is 0. The van der Waals surface area contributed by atoms with Crippen LogP contribution >= 0.6 is 39.0 Å². The van der Waals surface area contributed by atoms with Crippen molar-refractivity contribution in [1.82, 2.24) is 5.32 Å². The van der Waals surface area contributed by atoms with Gasteiger partial charge in [0.25, 0.3) is 0 Å². The molecule has 1 aromatic rings. The van der Waals surface area contributed by atoms with Crippen molar-refractivity contribution in [1.29, 1.82) is 0 Å². The molecule has 1 atom stereocenters. The van der Waals surface area contributed by atoms with Crippen molar-refractivity contribution in [3.05, 3.63) is 20.8 Å². The number of thioether (sulfide) groups is 1. The highest BCUT2D eigenvalue weighted by molar-refractivity contribution is 9.10. The molecule has 0 aromatic carbocycles. The lowest BCUT2D eigenvalue weighted by molar-refractivity contribution is 0.514.